The van der Waals surface area contributed by atoms with Crippen LogP contribution in [0.15, 0.2) is 28.8 Å². The van der Waals surface area contributed by atoms with Crippen molar-refractivity contribution in [1.29, 1.82) is 0 Å². The van der Waals surface area contributed by atoms with Crippen molar-refractivity contribution in [3.05, 3.63) is 30.0 Å². The van der Waals surface area contributed by atoms with Crippen molar-refractivity contribution in [2.45, 2.75) is 12.5 Å². The van der Waals surface area contributed by atoms with Crippen LogP contribution in [-0.4, -0.2) is 44.7 Å². The molecule has 0 bridgehead atoms. The third-order valence-corrected chi connectivity index (χ3v) is 4.27. The smallest absolute Gasteiger partial charge is 0.327 e. The van der Waals surface area contributed by atoms with Crippen LogP contribution >= 0.6 is 11.8 Å². The molecule has 0 aliphatic carbocycles. The van der Waals surface area contributed by atoms with Gasteiger partial charge in [-0.25, -0.2) is 4.79 Å². The molecule has 0 spiro atoms. The number of carbonyl (C=O) groups excluding carboxylic acids is 1. The predicted molar refractivity (Wildman–Crippen MR) is 73.3 cm³/mol. The topological polar surface area (TPSA) is 83.6 Å². The molecule has 1 aromatic heterocycles. The van der Waals surface area contributed by atoms with E-state index in [9.17, 15) is 9.59 Å². The number of thioether (sulfide) groups is 1. The molecule has 6 nitrogen and oxygen atoms in total. The van der Waals surface area contributed by atoms with E-state index in [1.54, 1.807) is 6.07 Å². The summed E-state index contributed by atoms with van der Waals surface area (Å²) in [6.07, 6.45) is 0.0569. The lowest BCUT2D eigenvalue weighted by Crippen LogP contribution is -2.42. The molecule has 0 radical (unpaired) electrons. The van der Waals surface area contributed by atoms with Crippen molar-refractivity contribution in [3.63, 3.8) is 0 Å². The van der Waals surface area contributed by atoms with Gasteiger partial charge in [-0.15, -0.1) is 11.8 Å². The molecule has 1 saturated heterocycles. The number of benzene rings is 1. The van der Waals surface area contributed by atoms with Gasteiger partial charge in [-0.05, 0) is 12.1 Å². The number of rotatable bonds is 3. The number of para-hydroxylation sites is 1. The highest BCUT2D eigenvalue weighted by molar-refractivity contribution is 7.99. The quantitative estimate of drug-likeness (QED) is 0.919. The Hall–Kier alpha value is -2.02. The third-order valence-electron chi connectivity index (χ3n) is 3.26. The molecule has 1 fully saturated rings. The summed E-state index contributed by atoms with van der Waals surface area (Å²) >= 11 is 1.44. The highest BCUT2D eigenvalue weighted by Gasteiger charge is 2.34. The largest absolute Gasteiger partial charge is 0.480 e. The number of nitrogens with zero attached hydrogens (tertiary/aromatic N) is 2. The molecule has 1 N–H and O–H groups in total. The standard InChI is InChI=1S/C13H12N2O4S/c16-12(15-7-20-6-10(15)13(17)18)5-9-8-3-1-2-4-11(8)19-14-9/h1-4,10H,5-7H2,(H,17,18)/t10-/m0/s1. The molecule has 7 heteroatoms. The zero-order chi connectivity index (χ0) is 14.1. The molecule has 1 amide bonds. The minimum absolute atomic E-state index is 0.0569. The SMILES string of the molecule is O=C(O)[C@@H]1CSCN1C(=O)Cc1noc2ccccc12. The molecule has 104 valence electrons. The Balaban J connectivity index is 1.80. The minimum Gasteiger partial charge on any atom is -0.480 e. The van der Waals surface area contributed by atoms with E-state index in [4.69, 9.17) is 9.63 Å². The Labute approximate surface area is 118 Å². The highest BCUT2D eigenvalue weighted by Crippen LogP contribution is 2.24. The molecule has 1 aromatic carbocycles. The number of carboxylic acids is 1. The molecule has 2 heterocycles. The summed E-state index contributed by atoms with van der Waals surface area (Å²) in [5.41, 5.74) is 1.17. The highest BCUT2D eigenvalue weighted by atomic mass is 32.2. The van der Waals surface area contributed by atoms with Gasteiger partial charge in [0.2, 0.25) is 5.91 Å². The first-order valence-electron chi connectivity index (χ1n) is 6.10. The van der Waals surface area contributed by atoms with E-state index in [1.807, 2.05) is 18.2 Å². The average Bonchev–Trinajstić information content (AvgIpc) is 3.06. The minimum atomic E-state index is -0.964. The summed E-state index contributed by atoms with van der Waals surface area (Å²) < 4.78 is 5.14. The fourth-order valence-electron chi connectivity index (χ4n) is 2.20. The second kappa shape index (κ2) is 5.16. The summed E-state index contributed by atoms with van der Waals surface area (Å²) in [7, 11) is 0. The molecular weight excluding hydrogens is 280 g/mol. The van der Waals surface area contributed by atoms with Crippen molar-refractivity contribution in [3.8, 4) is 0 Å². The van der Waals surface area contributed by atoms with Crippen LogP contribution in [0, 0.1) is 0 Å². The van der Waals surface area contributed by atoms with Gasteiger partial charge in [0.1, 0.15) is 11.7 Å². The zero-order valence-electron chi connectivity index (χ0n) is 10.5. The lowest BCUT2D eigenvalue weighted by atomic mass is 10.1. The van der Waals surface area contributed by atoms with Crippen LogP contribution in [0.3, 0.4) is 0 Å². The Morgan fingerprint density at radius 1 is 1.45 bits per heavy atom. The number of aliphatic carboxylic acids is 1. The Bertz CT molecular complexity index is 669. The maximum absolute atomic E-state index is 12.2. The van der Waals surface area contributed by atoms with Crippen LogP contribution in [0.5, 0.6) is 0 Å². The normalized spacial score (nSPS) is 18.6. The molecular formula is C13H12N2O4S. The number of carboxylic acid groups (broad SMARTS) is 1. The van der Waals surface area contributed by atoms with Gasteiger partial charge in [0.15, 0.2) is 5.58 Å². The predicted octanol–water partition coefficient (Wildman–Crippen LogP) is 1.36. The third kappa shape index (κ3) is 2.24. The van der Waals surface area contributed by atoms with E-state index in [0.29, 0.717) is 22.9 Å². The Morgan fingerprint density at radius 3 is 3.05 bits per heavy atom. The monoisotopic (exact) mass is 292 g/mol. The molecule has 2 aromatic rings. The fraction of sp³-hybridized carbons (Fsp3) is 0.308. The Morgan fingerprint density at radius 2 is 2.25 bits per heavy atom. The summed E-state index contributed by atoms with van der Waals surface area (Å²) in [5.74, 6) is -0.360. The van der Waals surface area contributed by atoms with Gasteiger partial charge >= 0.3 is 5.97 Å². The first-order chi connectivity index (χ1) is 9.66. The molecule has 20 heavy (non-hydrogen) atoms. The van der Waals surface area contributed by atoms with Gasteiger partial charge in [0.25, 0.3) is 0 Å². The molecule has 3 rings (SSSR count). The summed E-state index contributed by atoms with van der Waals surface area (Å²) in [5, 5.41) is 13.8. The first kappa shape index (κ1) is 13.0. The molecule has 0 unspecified atom stereocenters. The lowest BCUT2D eigenvalue weighted by molar-refractivity contribution is -0.147. The van der Waals surface area contributed by atoms with Crippen LogP contribution < -0.4 is 0 Å². The first-order valence-corrected chi connectivity index (χ1v) is 7.25. The summed E-state index contributed by atoms with van der Waals surface area (Å²) in [6, 6.07) is 6.55. The lowest BCUT2D eigenvalue weighted by Gasteiger charge is -2.19. The number of fused-ring (bicyclic) bond motifs is 1. The van der Waals surface area contributed by atoms with E-state index >= 15 is 0 Å². The van der Waals surface area contributed by atoms with Crippen LogP contribution in [0.4, 0.5) is 0 Å². The van der Waals surface area contributed by atoms with Crippen LogP contribution in [-0.2, 0) is 16.0 Å². The number of hydrogen-bond acceptors (Lipinski definition) is 5. The van der Waals surface area contributed by atoms with E-state index in [-0.39, 0.29) is 12.3 Å². The van der Waals surface area contributed by atoms with Crippen molar-refractivity contribution in [2.75, 3.05) is 11.6 Å². The Kier molecular flexibility index (Phi) is 3.35. The van der Waals surface area contributed by atoms with Gasteiger partial charge in [-0.3, -0.25) is 4.79 Å². The van der Waals surface area contributed by atoms with Gasteiger partial charge in [-0.2, -0.15) is 0 Å². The summed E-state index contributed by atoms with van der Waals surface area (Å²) in [4.78, 5) is 24.7. The van der Waals surface area contributed by atoms with Crippen molar-refractivity contribution >= 4 is 34.6 Å². The van der Waals surface area contributed by atoms with Crippen molar-refractivity contribution in [1.82, 2.24) is 10.1 Å². The van der Waals surface area contributed by atoms with Crippen LogP contribution in [0.25, 0.3) is 11.0 Å². The molecule has 0 saturated carbocycles. The summed E-state index contributed by atoms with van der Waals surface area (Å²) in [6.45, 7) is 0. The van der Waals surface area contributed by atoms with E-state index in [2.05, 4.69) is 5.16 Å². The van der Waals surface area contributed by atoms with Gasteiger partial charge in [0.05, 0.1) is 12.3 Å². The average molecular weight is 292 g/mol. The van der Waals surface area contributed by atoms with E-state index in [0.717, 1.165) is 5.39 Å². The number of amides is 1. The van der Waals surface area contributed by atoms with Crippen molar-refractivity contribution in [2.24, 2.45) is 0 Å². The fourth-order valence-corrected chi connectivity index (χ4v) is 3.38. The molecule has 1 aliphatic heterocycles. The second-order valence-corrected chi connectivity index (χ2v) is 5.52. The zero-order valence-corrected chi connectivity index (χ0v) is 11.3. The second-order valence-electron chi connectivity index (χ2n) is 4.52. The number of hydrogen-bond donors (Lipinski definition) is 1. The van der Waals surface area contributed by atoms with E-state index in [1.165, 1.54) is 16.7 Å². The number of aromatic nitrogens is 1. The number of carbonyl (C=O) groups is 2. The maximum atomic E-state index is 12.2. The van der Waals surface area contributed by atoms with Gasteiger partial charge < -0.3 is 14.5 Å². The maximum Gasteiger partial charge on any atom is 0.327 e. The molecule has 1 atom stereocenters. The van der Waals surface area contributed by atoms with Crippen LogP contribution in [0.2, 0.25) is 0 Å². The van der Waals surface area contributed by atoms with Gasteiger partial charge in [-0.1, -0.05) is 17.3 Å². The van der Waals surface area contributed by atoms with Crippen LogP contribution in [0.1, 0.15) is 5.69 Å². The van der Waals surface area contributed by atoms with Gasteiger partial charge in [0, 0.05) is 11.1 Å². The molecule has 1 aliphatic rings. The van der Waals surface area contributed by atoms with E-state index < -0.39 is 12.0 Å². The van der Waals surface area contributed by atoms with Crippen molar-refractivity contribution < 1.29 is 19.2 Å².